The van der Waals surface area contributed by atoms with E-state index in [0.29, 0.717) is 25.7 Å². The summed E-state index contributed by atoms with van der Waals surface area (Å²) >= 11 is 0. The molecule has 3 N–H and O–H groups in total. The van der Waals surface area contributed by atoms with Crippen molar-refractivity contribution < 1.29 is 80.2 Å². The van der Waals surface area contributed by atoms with Gasteiger partial charge in [0.1, 0.15) is 19.3 Å². The minimum absolute atomic E-state index is 0.0741. The fourth-order valence-corrected chi connectivity index (χ4v) is 11.7. The Labute approximate surface area is 583 Å². The number of carbonyl (C=O) groups excluding carboxylic acids is 4. The summed E-state index contributed by atoms with van der Waals surface area (Å²) in [5.41, 5.74) is 0. The Morgan fingerprint density at radius 3 is 0.854 bits per heavy atom. The van der Waals surface area contributed by atoms with Crippen molar-refractivity contribution in [1.29, 1.82) is 0 Å². The molecule has 0 aromatic heterocycles. The second-order valence-electron chi connectivity index (χ2n) is 25.2. The lowest BCUT2D eigenvalue weighted by Crippen LogP contribution is -2.30. The van der Waals surface area contributed by atoms with Crippen molar-refractivity contribution >= 4 is 39.5 Å². The molecular formula is C77H136O17P2. The average molecular weight is 1400 g/mol. The lowest BCUT2D eigenvalue weighted by molar-refractivity contribution is -0.161. The van der Waals surface area contributed by atoms with Crippen LogP contribution in [0.3, 0.4) is 0 Å². The molecule has 0 aliphatic carbocycles. The highest BCUT2D eigenvalue weighted by Crippen LogP contribution is 2.45. The Kier molecular flexibility index (Phi) is 67.0. The SMILES string of the molecule is CC/C=C\C/C=C\C/C=C\CCCCCCCCCC(=O)OCC(COP(=O)(O)OCC(O)COP(=O)(O)OCC(COC(=O)CCCCCCC/C=C\CCCCCC)OC(=O)CCCCCCCCCCCCC)OC(=O)CCCCCCC/C=C\C/C=C\C/C=C\CC. The van der Waals surface area contributed by atoms with Crippen LogP contribution < -0.4 is 0 Å². The summed E-state index contributed by atoms with van der Waals surface area (Å²) in [6.07, 6.45) is 70.0. The molecule has 19 heteroatoms. The number of hydrogen-bond donors (Lipinski definition) is 3. The maximum Gasteiger partial charge on any atom is 0.472 e. The average Bonchev–Trinajstić information content (AvgIpc) is 2.18. The monoisotopic (exact) mass is 1390 g/mol. The van der Waals surface area contributed by atoms with Crippen LogP contribution in [-0.2, 0) is 65.4 Å². The van der Waals surface area contributed by atoms with E-state index in [4.69, 9.17) is 37.0 Å². The molecule has 0 radical (unpaired) electrons. The summed E-state index contributed by atoms with van der Waals surface area (Å²) in [4.78, 5) is 72.8. The highest BCUT2D eigenvalue weighted by molar-refractivity contribution is 7.47. The lowest BCUT2D eigenvalue weighted by Gasteiger charge is -2.21. The molecular weight excluding hydrogens is 1260 g/mol. The first kappa shape index (κ1) is 92.2. The molecule has 0 aromatic rings. The van der Waals surface area contributed by atoms with Gasteiger partial charge in [0, 0.05) is 25.7 Å². The van der Waals surface area contributed by atoms with E-state index in [2.05, 4.69) is 113 Å². The van der Waals surface area contributed by atoms with E-state index in [1.165, 1.54) is 64.2 Å². The Hall–Kier alpha value is -3.76. The van der Waals surface area contributed by atoms with E-state index in [-0.39, 0.29) is 25.7 Å². The number of phosphoric acid groups is 2. The minimum atomic E-state index is -4.98. The number of esters is 4. The van der Waals surface area contributed by atoms with Gasteiger partial charge in [-0.05, 0) is 116 Å². The molecule has 5 unspecified atom stereocenters. The maximum atomic E-state index is 13.1. The molecule has 0 spiro atoms. The minimum Gasteiger partial charge on any atom is -0.462 e. The predicted octanol–water partition coefficient (Wildman–Crippen LogP) is 21.4. The van der Waals surface area contributed by atoms with Crippen LogP contribution in [0.5, 0.6) is 0 Å². The quantitative estimate of drug-likeness (QED) is 0.0169. The van der Waals surface area contributed by atoms with Gasteiger partial charge in [0.25, 0.3) is 0 Å². The topological polar surface area (TPSA) is 237 Å². The van der Waals surface area contributed by atoms with Gasteiger partial charge in [-0.1, -0.05) is 267 Å². The van der Waals surface area contributed by atoms with Crippen LogP contribution in [0.1, 0.15) is 323 Å². The van der Waals surface area contributed by atoms with Crippen molar-refractivity contribution in [2.75, 3.05) is 39.6 Å². The molecule has 0 saturated heterocycles. The van der Waals surface area contributed by atoms with E-state index in [0.717, 1.165) is 180 Å². The Morgan fingerprint density at radius 2 is 0.542 bits per heavy atom. The normalized spacial score (nSPS) is 14.4. The van der Waals surface area contributed by atoms with Crippen molar-refractivity contribution in [2.24, 2.45) is 0 Å². The van der Waals surface area contributed by atoms with E-state index in [9.17, 15) is 43.2 Å². The van der Waals surface area contributed by atoms with Crippen LogP contribution >= 0.6 is 15.6 Å². The zero-order valence-corrected chi connectivity index (χ0v) is 62.3. The zero-order chi connectivity index (χ0) is 70.4. The molecule has 0 aromatic carbocycles. The van der Waals surface area contributed by atoms with E-state index in [1.807, 2.05) is 0 Å². The van der Waals surface area contributed by atoms with Gasteiger partial charge in [0.05, 0.1) is 26.4 Å². The first-order valence-corrected chi connectivity index (χ1v) is 40.8. The summed E-state index contributed by atoms with van der Waals surface area (Å²) in [7, 11) is -9.94. The number of aliphatic hydroxyl groups is 1. The molecule has 556 valence electrons. The van der Waals surface area contributed by atoms with Gasteiger partial charge in [0.15, 0.2) is 12.2 Å². The van der Waals surface area contributed by atoms with Crippen molar-refractivity contribution in [3.05, 3.63) is 85.1 Å². The molecule has 0 heterocycles. The number of phosphoric ester groups is 2. The molecule has 0 bridgehead atoms. The van der Waals surface area contributed by atoms with Crippen molar-refractivity contribution in [3.8, 4) is 0 Å². The second kappa shape index (κ2) is 69.7. The van der Waals surface area contributed by atoms with E-state index < -0.39 is 97.5 Å². The van der Waals surface area contributed by atoms with Gasteiger partial charge in [-0.3, -0.25) is 37.3 Å². The summed E-state index contributed by atoms with van der Waals surface area (Å²) in [5, 5.41) is 10.6. The number of rotatable bonds is 71. The molecule has 96 heavy (non-hydrogen) atoms. The highest BCUT2D eigenvalue weighted by atomic mass is 31.2. The van der Waals surface area contributed by atoms with Crippen LogP contribution in [0.15, 0.2) is 85.1 Å². The third-order valence-electron chi connectivity index (χ3n) is 15.9. The molecule has 0 saturated carbocycles. The standard InChI is InChI=1S/C77H136O17P2/c1-5-9-13-17-21-25-29-32-34-35-37-39-43-46-50-54-58-62-75(80)88-68-73(94-77(82)64-60-56-52-48-44-40-36-33-30-26-22-18-14-10-6-2)70-92-96(85,86)90-66-71(78)65-89-95(83,84)91-69-72(93-76(81)63-59-55-51-47-41-28-24-20-16-12-8-4)67-87-74(79)61-57-53-49-45-42-38-31-27-23-19-15-11-7-3/h9-10,13-14,21-22,25-27,31-34,36,71-73,78H,5-8,11-12,15-20,23-24,28-30,35,37-70H2,1-4H3,(H,83,84)(H,85,86)/b13-9-,14-10-,25-21-,26-22-,31-27-,34-32-,36-33-. The van der Waals surface area contributed by atoms with E-state index >= 15 is 0 Å². The van der Waals surface area contributed by atoms with Crippen molar-refractivity contribution in [3.63, 3.8) is 0 Å². The van der Waals surface area contributed by atoms with Gasteiger partial charge < -0.3 is 33.8 Å². The molecule has 17 nitrogen and oxygen atoms in total. The molecule has 5 atom stereocenters. The molecule has 0 rings (SSSR count). The molecule has 0 aliphatic heterocycles. The number of allylic oxidation sites excluding steroid dienone is 14. The largest absolute Gasteiger partial charge is 0.472 e. The summed E-state index contributed by atoms with van der Waals surface area (Å²) in [6, 6.07) is 0. The Balaban J connectivity index is 5.33. The first-order chi connectivity index (χ1) is 46.7. The van der Waals surface area contributed by atoms with Gasteiger partial charge in [0.2, 0.25) is 0 Å². The Bertz CT molecular complexity index is 2160. The first-order valence-electron chi connectivity index (χ1n) is 37.8. The van der Waals surface area contributed by atoms with Gasteiger partial charge in [-0.25, -0.2) is 9.13 Å². The van der Waals surface area contributed by atoms with Crippen molar-refractivity contribution in [2.45, 2.75) is 341 Å². The fraction of sp³-hybridized carbons (Fsp3) is 0.766. The number of ether oxygens (including phenoxy) is 4. The third-order valence-corrected chi connectivity index (χ3v) is 17.8. The second-order valence-corrected chi connectivity index (χ2v) is 28.1. The van der Waals surface area contributed by atoms with E-state index in [1.54, 1.807) is 0 Å². The van der Waals surface area contributed by atoms with Gasteiger partial charge in [-0.2, -0.15) is 0 Å². The molecule has 0 aliphatic rings. The number of unbranched alkanes of at least 4 members (excludes halogenated alkanes) is 31. The predicted molar refractivity (Wildman–Crippen MR) is 390 cm³/mol. The van der Waals surface area contributed by atoms with Crippen LogP contribution in [-0.4, -0.2) is 96.7 Å². The number of carbonyl (C=O) groups is 4. The maximum absolute atomic E-state index is 13.1. The number of aliphatic hydroxyl groups excluding tert-OH is 1. The highest BCUT2D eigenvalue weighted by Gasteiger charge is 2.30. The zero-order valence-electron chi connectivity index (χ0n) is 60.5. The lowest BCUT2D eigenvalue weighted by atomic mass is 10.1. The molecule has 0 amide bonds. The van der Waals surface area contributed by atoms with Crippen LogP contribution in [0, 0.1) is 0 Å². The summed E-state index contributed by atoms with van der Waals surface area (Å²) in [6.45, 7) is 4.62. The van der Waals surface area contributed by atoms with Crippen molar-refractivity contribution in [1.82, 2.24) is 0 Å². The fourth-order valence-electron chi connectivity index (χ4n) is 10.1. The summed E-state index contributed by atoms with van der Waals surface area (Å²) in [5.74, 6) is -2.19. The van der Waals surface area contributed by atoms with Gasteiger partial charge >= 0.3 is 39.5 Å². The van der Waals surface area contributed by atoms with Crippen LogP contribution in [0.2, 0.25) is 0 Å². The van der Waals surface area contributed by atoms with Crippen LogP contribution in [0.25, 0.3) is 0 Å². The number of hydrogen-bond acceptors (Lipinski definition) is 15. The van der Waals surface area contributed by atoms with Gasteiger partial charge in [-0.15, -0.1) is 0 Å². The Morgan fingerprint density at radius 1 is 0.302 bits per heavy atom. The molecule has 0 fully saturated rings. The third kappa shape index (κ3) is 68.8. The smallest absolute Gasteiger partial charge is 0.462 e. The summed E-state index contributed by atoms with van der Waals surface area (Å²) < 4.78 is 68.4. The van der Waals surface area contributed by atoms with Crippen LogP contribution in [0.4, 0.5) is 0 Å².